The molecule has 1 aliphatic carbocycles. The fourth-order valence-electron chi connectivity index (χ4n) is 1.52. The monoisotopic (exact) mass is 150 g/mol. The summed E-state index contributed by atoms with van der Waals surface area (Å²) in [5, 5.41) is 0. The first-order valence-corrected chi connectivity index (χ1v) is 3.98. The van der Waals surface area contributed by atoms with E-state index in [9.17, 15) is 4.79 Å². The first kappa shape index (κ1) is 6.65. The summed E-state index contributed by atoms with van der Waals surface area (Å²) in [4.78, 5) is 10.8. The summed E-state index contributed by atoms with van der Waals surface area (Å²) in [5.74, 6) is 0.906. The number of aryl methyl sites for hydroxylation is 2. The van der Waals surface area contributed by atoms with E-state index in [2.05, 4.69) is 0 Å². The molecule has 2 heteroatoms. The SMILES string of the molecule is O=c1ccc2c(o1)CCCC2. The Hall–Kier alpha value is -1.05. The third-order valence-corrected chi connectivity index (χ3v) is 2.10. The highest BCUT2D eigenvalue weighted by atomic mass is 16.4. The van der Waals surface area contributed by atoms with E-state index in [4.69, 9.17) is 4.42 Å². The van der Waals surface area contributed by atoms with Crippen molar-refractivity contribution >= 4 is 0 Å². The van der Waals surface area contributed by atoms with E-state index >= 15 is 0 Å². The van der Waals surface area contributed by atoms with Gasteiger partial charge in [-0.1, -0.05) is 0 Å². The Morgan fingerprint density at radius 1 is 1.18 bits per heavy atom. The van der Waals surface area contributed by atoms with Crippen molar-refractivity contribution in [2.45, 2.75) is 25.7 Å². The molecule has 0 atom stereocenters. The zero-order valence-electron chi connectivity index (χ0n) is 6.30. The van der Waals surface area contributed by atoms with Crippen molar-refractivity contribution in [1.82, 2.24) is 0 Å². The molecule has 2 rings (SSSR count). The fourth-order valence-corrected chi connectivity index (χ4v) is 1.52. The molecule has 1 aromatic heterocycles. The molecule has 1 heterocycles. The first-order valence-electron chi connectivity index (χ1n) is 3.98. The molecule has 0 spiro atoms. The predicted octanol–water partition coefficient (Wildman–Crippen LogP) is 1.52. The van der Waals surface area contributed by atoms with Crippen molar-refractivity contribution in [2.24, 2.45) is 0 Å². The van der Waals surface area contributed by atoms with Gasteiger partial charge < -0.3 is 4.42 Å². The number of fused-ring (bicyclic) bond motifs is 1. The van der Waals surface area contributed by atoms with Crippen LogP contribution in [0.5, 0.6) is 0 Å². The lowest BCUT2D eigenvalue weighted by Crippen LogP contribution is -2.07. The Morgan fingerprint density at radius 2 is 2.00 bits per heavy atom. The van der Waals surface area contributed by atoms with Crippen LogP contribution in [0, 0.1) is 0 Å². The Bertz CT molecular complexity index is 312. The third kappa shape index (κ3) is 1.20. The predicted molar refractivity (Wildman–Crippen MR) is 41.6 cm³/mol. The first-order chi connectivity index (χ1) is 5.36. The highest BCUT2D eigenvalue weighted by molar-refractivity contribution is 5.19. The van der Waals surface area contributed by atoms with E-state index < -0.39 is 0 Å². The van der Waals surface area contributed by atoms with Crippen molar-refractivity contribution in [1.29, 1.82) is 0 Å². The molecule has 11 heavy (non-hydrogen) atoms. The van der Waals surface area contributed by atoms with Crippen molar-refractivity contribution < 1.29 is 4.42 Å². The van der Waals surface area contributed by atoms with Crippen LogP contribution in [0.4, 0.5) is 0 Å². The molecule has 1 aromatic rings. The summed E-state index contributed by atoms with van der Waals surface area (Å²) in [6.07, 6.45) is 4.38. The standard InChI is InChI=1S/C9H10O2/c10-9-6-5-7-3-1-2-4-8(7)11-9/h5-6H,1-4H2. The van der Waals surface area contributed by atoms with Gasteiger partial charge in [0, 0.05) is 12.5 Å². The smallest absolute Gasteiger partial charge is 0.335 e. The molecule has 0 bridgehead atoms. The molecule has 0 saturated carbocycles. The molecular weight excluding hydrogens is 140 g/mol. The normalized spacial score (nSPS) is 16.0. The molecule has 0 amide bonds. The molecule has 0 fully saturated rings. The maximum absolute atomic E-state index is 10.8. The maximum atomic E-state index is 10.8. The van der Waals surface area contributed by atoms with Crippen LogP contribution in [-0.4, -0.2) is 0 Å². The van der Waals surface area contributed by atoms with Crippen molar-refractivity contribution in [2.75, 3.05) is 0 Å². The molecule has 0 N–H and O–H groups in total. The van der Waals surface area contributed by atoms with Crippen LogP contribution in [0.3, 0.4) is 0 Å². The van der Waals surface area contributed by atoms with E-state index in [-0.39, 0.29) is 5.63 Å². The van der Waals surface area contributed by atoms with Gasteiger partial charge in [0.25, 0.3) is 0 Å². The van der Waals surface area contributed by atoms with E-state index in [1.807, 2.05) is 6.07 Å². The molecule has 0 aromatic carbocycles. The van der Waals surface area contributed by atoms with Gasteiger partial charge in [-0.15, -0.1) is 0 Å². The summed E-state index contributed by atoms with van der Waals surface area (Å²) >= 11 is 0. The van der Waals surface area contributed by atoms with Crippen LogP contribution < -0.4 is 5.63 Å². The van der Waals surface area contributed by atoms with Crippen LogP contribution in [0.1, 0.15) is 24.2 Å². The molecule has 2 nitrogen and oxygen atoms in total. The Balaban J connectivity index is 2.51. The van der Waals surface area contributed by atoms with Crippen LogP contribution in [0.2, 0.25) is 0 Å². The second kappa shape index (κ2) is 2.53. The quantitative estimate of drug-likeness (QED) is 0.561. The Labute approximate surface area is 64.9 Å². The van der Waals surface area contributed by atoms with Crippen LogP contribution in [-0.2, 0) is 12.8 Å². The summed E-state index contributed by atoms with van der Waals surface area (Å²) in [5.41, 5.74) is 1.00. The second-order valence-corrected chi connectivity index (χ2v) is 2.91. The van der Waals surface area contributed by atoms with Crippen LogP contribution in [0.15, 0.2) is 21.3 Å². The Kier molecular flexibility index (Phi) is 1.53. The van der Waals surface area contributed by atoms with Gasteiger partial charge in [0.1, 0.15) is 5.76 Å². The third-order valence-electron chi connectivity index (χ3n) is 2.10. The van der Waals surface area contributed by atoms with Gasteiger partial charge in [0.2, 0.25) is 0 Å². The largest absolute Gasteiger partial charge is 0.428 e. The van der Waals surface area contributed by atoms with Gasteiger partial charge in [-0.25, -0.2) is 4.79 Å². The van der Waals surface area contributed by atoms with Gasteiger partial charge in [0.05, 0.1) is 0 Å². The highest BCUT2D eigenvalue weighted by Gasteiger charge is 2.10. The van der Waals surface area contributed by atoms with Gasteiger partial charge >= 0.3 is 5.63 Å². The topological polar surface area (TPSA) is 30.2 Å². The minimum atomic E-state index is -0.217. The molecule has 1 aliphatic rings. The Morgan fingerprint density at radius 3 is 2.91 bits per heavy atom. The second-order valence-electron chi connectivity index (χ2n) is 2.91. The summed E-state index contributed by atoms with van der Waals surface area (Å²) in [7, 11) is 0. The fraction of sp³-hybridized carbons (Fsp3) is 0.444. The molecule has 0 saturated heterocycles. The number of hydrogen-bond acceptors (Lipinski definition) is 2. The average Bonchev–Trinajstić information content (AvgIpc) is 2.04. The molecule has 0 unspecified atom stereocenters. The lowest BCUT2D eigenvalue weighted by molar-refractivity contribution is 0.428. The van der Waals surface area contributed by atoms with Gasteiger partial charge in [0.15, 0.2) is 0 Å². The van der Waals surface area contributed by atoms with Crippen LogP contribution in [0.25, 0.3) is 0 Å². The van der Waals surface area contributed by atoms with E-state index in [1.165, 1.54) is 18.1 Å². The number of rotatable bonds is 0. The number of hydrogen-bond donors (Lipinski definition) is 0. The van der Waals surface area contributed by atoms with Crippen LogP contribution >= 0.6 is 0 Å². The van der Waals surface area contributed by atoms with Gasteiger partial charge in [-0.05, 0) is 30.9 Å². The van der Waals surface area contributed by atoms with E-state index in [0.29, 0.717) is 0 Å². The van der Waals surface area contributed by atoms with Crippen molar-refractivity contribution in [3.05, 3.63) is 33.9 Å². The summed E-state index contributed by atoms with van der Waals surface area (Å²) < 4.78 is 5.04. The summed E-state index contributed by atoms with van der Waals surface area (Å²) in [6, 6.07) is 3.39. The average molecular weight is 150 g/mol. The molecule has 0 radical (unpaired) electrons. The van der Waals surface area contributed by atoms with Gasteiger partial charge in [-0.2, -0.15) is 0 Å². The summed E-state index contributed by atoms with van der Waals surface area (Å²) in [6.45, 7) is 0. The zero-order chi connectivity index (χ0) is 7.68. The minimum absolute atomic E-state index is 0.217. The molecular formula is C9H10O2. The van der Waals surface area contributed by atoms with Gasteiger partial charge in [-0.3, -0.25) is 0 Å². The lowest BCUT2D eigenvalue weighted by atomic mass is 9.98. The highest BCUT2D eigenvalue weighted by Crippen LogP contribution is 2.18. The molecule has 0 aliphatic heterocycles. The van der Waals surface area contributed by atoms with Crippen molar-refractivity contribution in [3.8, 4) is 0 Å². The molecule has 58 valence electrons. The van der Waals surface area contributed by atoms with E-state index in [0.717, 1.165) is 25.0 Å². The van der Waals surface area contributed by atoms with E-state index in [1.54, 1.807) is 0 Å². The maximum Gasteiger partial charge on any atom is 0.335 e. The minimum Gasteiger partial charge on any atom is -0.428 e. The van der Waals surface area contributed by atoms with Crippen molar-refractivity contribution in [3.63, 3.8) is 0 Å². The lowest BCUT2D eigenvalue weighted by Gasteiger charge is -2.11. The zero-order valence-corrected chi connectivity index (χ0v) is 6.30.